The van der Waals surface area contributed by atoms with Crippen LogP contribution in [-0.2, 0) is 4.74 Å². The van der Waals surface area contributed by atoms with Gasteiger partial charge < -0.3 is 14.7 Å². The van der Waals surface area contributed by atoms with E-state index in [0.717, 1.165) is 4.90 Å². The first-order valence-corrected chi connectivity index (χ1v) is 5.00. The predicted molar refractivity (Wildman–Crippen MR) is 53.2 cm³/mol. The lowest BCUT2D eigenvalue weighted by molar-refractivity contribution is -0.987. The molecule has 0 amide bonds. The van der Waals surface area contributed by atoms with Crippen molar-refractivity contribution in [2.75, 3.05) is 26.5 Å². The van der Waals surface area contributed by atoms with Crippen molar-refractivity contribution in [1.82, 2.24) is 0 Å². The lowest BCUT2D eigenvalue weighted by Gasteiger charge is -2.39. The van der Waals surface area contributed by atoms with Gasteiger partial charge in [0.1, 0.15) is 13.2 Å². The molecule has 15 heavy (non-hydrogen) atoms. The van der Waals surface area contributed by atoms with Crippen LogP contribution in [0.1, 0.15) is 20.8 Å². The number of nitro groups is 1. The average molecular weight is 219 g/mol. The van der Waals surface area contributed by atoms with Crippen LogP contribution in [0.3, 0.4) is 0 Å². The smallest absolute Gasteiger partial charge is 0.315 e. The van der Waals surface area contributed by atoms with E-state index in [1.165, 1.54) is 0 Å². The highest BCUT2D eigenvalue weighted by Crippen LogP contribution is 2.11. The molecule has 0 aromatic heterocycles. The Balaban J connectivity index is 2.82. The zero-order chi connectivity index (χ0) is 11.7. The van der Waals surface area contributed by atoms with E-state index in [9.17, 15) is 10.1 Å². The molecule has 0 aliphatic carbocycles. The third-order valence-electron chi connectivity index (χ3n) is 2.93. The summed E-state index contributed by atoms with van der Waals surface area (Å²) >= 11 is 0. The van der Waals surface area contributed by atoms with Crippen LogP contribution in [0.5, 0.6) is 0 Å². The van der Waals surface area contributed by atoms with Gasteiger partial charge in [0.25, 0.3) is 0 Å². The van der Waals surface area contributed by atoms with Gasteiger partial charge in [0.15, 0.2) is 13.3 Å². The van der Waals surface area contributed by atoms with Gasteiger partial charge in [0, 0.05) is 4.92 Å². The molecule has 0 radical (unpaired) electrons. The van der Waals surface area contributed by atoms with Crippen molar-refractivity contribution in [2.45, 2.75) is 31.8 Å². The number of aliphatic hydroxyl groups excluding tert-OH is 1. The molecule has 1 heterocycles. The van der Waals surface area contributed by atoms with Gasteiger partial charge in [-0.1, -0.05) is 0 Å². The van der Waals surface area contributed by atoms with E-state index >= 15 is 0 Å². The molecule has 0 bridgehead atoms. The Bertz CT molecular complexity index is 251. The van der Waals surface area contributed by atoms with Crippen molar-refractivity contribution in [3.8, 4) is 0 Å². The number of quaternary nitrogens is 1. The predicted octanol–water partition coefficient (Wildman–Crippen LogP) is -1.33. The highest BCUT2D eigenvalue weighted by atomic mass is 16.6. The monoisotopic (exact) mass is 219 g/mol. The minimum absolute atomic E-state index is 0.00389. The van der Waals surface area contributed by atoms with Gasteiger partial charge in [-0.15, -0.1) is 0 Å². The second-order valence-corrected chi connectivity index (χ2v) is 5.16. The molecule has 0 spiro atoms. The maximum absolute atomic E-state index is 10.9. The minimum atomic E-state index is -1.33. The molecule has 1 unspecified atom stereocenters. The van der Waals surface area contributed by atoms with Crippen LogP contribution in [0.2, 0.25) is 0 Å². The quantitative estimate of drug-likeness (QED) is 0.445. The van der Waals surface area contributed by atoms with Crippen molar-refractivity contribution in [2.24, 2.45) is 0 Å². The van der Waals surface area contributed by atoms with Crippen LogP contribution < -0.4 is 4.90 Å². The lowest BCUT2D eigenvalue weighted by atomic mass is 9.97. The van der Waals surface area contributed by atoms with E-state index in [-0.39, 0.29) is 12.1 Å². The van der Waals surface area contributed by atoms with Gasteiger partial charge in [-0.2, -0.15) is 0 Å². The van der Waals surface area contributed by atoms with Crippen molar-refractivity contribution in [3.05, 3.63) is 10.1 Å². The molecule has 1 saturated heterocycles. The fraction of sp³-hybridized carbons (Fsp3) is 1.00. The van der Waals surface area contributed by atoms with E-state index in [1.54, 1.807) is 0 Å². The molecule has 0 aromatic rings. The van der Waals surface area contributed by atoms with E-state index in [4.69, 9.17) is 9.84 Å². The Hall–Kier alpha value is -0.720. The topological polar surface area (TPSA) is 77.0 Å². The van der Waals surface area contributed by atoms with Gasteiger partial charge in [0.2, 0.25) is 0 Å². The molecular formula is C9H19N2O4+. The zero-order valence-corrected chi connectivity index (χ0v) is 9.45. The number of rotatable bonds is 2. The van der Waals surface area contributed by atoms with Crippen LogP contribution in [0.25, 0.3) is 0 Å². The number of ether oxygens (including phenoxy) is 1. The number of nitrogens with zero attached hydrogens (tertiary/aromatic N) is 1. The molecule has 6 nitrogen and oxygen atoms in total. The zero-order valence-electron chi connectivity index (χ0n) is 9.45. The van der Waals surface area contributed by atoms with Crippen molar-refractivity contribution < 1.29 is 19.7 Å². The SMILES string of the molecule is CC(C)(C)[NH+]1COC[C@](CO)([N+](=O)[O-])C1. The summed E-state index contributed by atoms with van der Waals surface area (Å²) in [6, 6.07) is 0. The third-order valence-corrected chi connectivity index (χ3v) is 2.93. The number of hydrogen-bond donors (Lipinski definition) is 2. The third kappa shape index (κ3) is 2.45. The standard InChI is InChI=1S/C9H18N2O4/c1-8(2,3)10-4-9(5-12,11(13)14)6-15-7-10/h12H,4-7H2,1-3H3/p+1/t9-/m0/s1. The molecule has 0 aromatic carbocycles. The van der Waals surface area contributed by atoms with Crippen molar-refractivity contribution in [1.29, 1.82) is 0 Å². The van der Waals surface area contributed by atoms with Gasteiger partial charge in [0.05, 0.1) is 5.54 Å². The Morgan fingerprint density at radius 3 is 2.60 bits per heavy atom. The van der Waals surface area contributed by atoms with Crippen molar-refractivity contribution in [3.63, 3.8) is 0 Å². The first-order chi connectivity index (χ1) is 6.82. The molecular weight excluding hydrogens is 200 g/mol. The summed E-state index contributed by atoms with van der Waals surface area (Å²) in [4.78, 5) is 11.5. The summed E-state index contributed by atoms with van der Waals surface area (Å²) in [7, 11) is 0. The maximum Gasteiger partial charge on any atom is 0.315 e. The molecule has 2 atom stereocenters. The molecule has 1 rings (SSSR count). The maximum atomic E-state index is 10.9. The van der Waals surface area contributed by atoms with Crippen LogP contribution in [-0.4, -0.2) is 47.6 Å². The normalized spacial score (nSPS) is 32.7. The molecule has 1 fully saturated rings. The summed E-state index contributed by atoms with van der Waals surface area (Å²) < 4.78 is 5.24. The molecule has 6 heteroatoms. The second kappa shape index (κ2) is 4.03. The van der Waals surface area contributed by atoms with E-state index in [2.05, 4.69) is 0 Å². The summed E-state index contributed by atoms with van der Waals surface area (Å²) in [6.45, 7) is 6.28. The second-order valence-electron chi connectivity index (χ2n) is 5.16. The average Bonchev–Trinajstić information content (AvgIpc) is 2.16. The van der Waals surface area contributed by atoms with Gasteiger partial charge in [-0.3, -0.25) is 10.1 Å². The Labute approximate surface area is 89.0 Å². The summed E-state index contributed by atoms with van der Waals surface area (Å²) in [6.07, 6.45) is 0. The van der Waals surface area contributed by atoms with E-state index < -0.39 is 17.1 Å². The van der Waals surface area contributed by atoms with Crippen LogP contribution >= 0.6 is 0 Å². The van der Waals surface area contributed by atoms with Crippen molar-refractivity contribution >= 4 is 0 Å². The molecule has 1 aliphatic heterocycles. The first-order valence-electron chi connectivity index (χ1n) is 5.00. The van der Waals surface area contributed by atoms with Gasteiger partial charge >= 0.3 is 5.54 Å². The van der Waals surface area contributed by atoms with E-state index in [1.807, 2.05) is 20.8 Å². The Morgan fingerprint density at radius 1 is 1.60 bits per heavy atom. The van der Waals surface area contributed by atoms with Crippen LogP contribution in [0.15, 0.2) is 0 Å². The van der Waals surface area contributed by atoms with E-state index in [0.29, 0.717) is 13.3 Å². The number of hydrogen-bond acceptors (Lipinski definition) is 4. The largest absolute Gasteiger partial charge is 0.389 e. The molecule has 88 valence electrons. The summed E-state index contributed by atoms with van der Waals surface area (Å²) in [5, 5.41) is 20.1. The fourth-order valence-electron chi connectivity index (χ4n) is 1.62. The summed E-state index contributed by atoms with van der Waals surface area (Å²) in [5.41, 5.74) is -1.45. The Morgan fingerprint density at radius 2 is 2.20 bits per heavy atom. The molecule has 0 saturated carbocycles. The van der Waals surface area contributed by atoms with Crippen LogP contribution in [0.4, 0.5) is 0 Å². The minimum Gasteiger partial charge on any atom is -0.389 e. The molecule has 1 aliphatic rings. The fourth-order valence-corrected chi connectivity index (χ4v) is 1.62. The highest BCUT2D eigenvalue weighted by Gasteiger charge is 2.52. The highest BCUT2D eigenvalue weighted by molar-refractivity contribution is 4.80. The Kier molecular flexibility index (Phi) is 3.32. The number of aliphatic hydroxyl groups is 1. The van der Waals surface area contributed by atoms with Gasteiger partial charge in [-0.25, -0.2) is 0 Å². The van der Waals surface area contributed by atoms with Crippen LogP contribution in [0, 0.1) is 10.1 Å². The molecule has 2 N–H and O–H groups in total. The van der Waals surface area contributed by atoms with Gasteiger partial charge in [-0.05, 0) is 20.8 Å². The lowest BCUT2D eigenvalue weighted by Crippen LogP contribution is -3.22. The summed E-state index contributed by atoms with van der Waals surface area (Å²) in [5.74, 6) is 0. The number of nitrogens with one attached hydrogen (secondary N) is 1. The first kappa shape index (κ1) is 12.4.